The Kier molecular flexibility index (Phi) is 5.28. The van der Waals surface area contributed by atoms with Crippen molar-refractivity contribution in [1.29, 1.82) is 0 Å². The van der Waals surface area contributed by atoms with Gasteiger partial charge in [-0.15, -0.1) is 0 Å². The van der Waals surface area contributed by atoms with Crippen molar-refractivity contribution >= 4 is 33.9 Å². The molecule has 0 fully saturated rings. The summed E-state index contributed by atoms with van der Waals surface area (Å²) in [6, 6.07) is 3.90. The van der Waals surface area contributed by atoms with Gasteiger partial charge in [0.25, 0.3) is 5.91 Å². The van der Waals surface area contributed by atoms with Crippen LogP contribution >= 0.6 is 15.9 Å². The number of halogens is 1. The van der Waals surface area contributed by atoms with Gasteiger partial charge in [0.15, 0.2) is 0 Å². The highest BCUT2D eigenvalue weighted by Gasteiger charge is 2.24. The van der Waals surface area contributed by atoms with Crippen LogP contribution in [0.5, 0.6) is 0 Å². The Morgan fingerprint density at radius 3 is 2.85 bits per heavy atom. The molecule has 0 bridgehead atoms. The van der Waals surface area contributed by atoms with Crippen LogP contribution in [0.3, 0.4) is 0 Å². The summed E-state index contributed by atoms with van der Waals surface area (Å²) < 4.78 is 8.18. The summed E-state index contributed by atoms with van der Waals surface area (Å²) in [5.74, 6) is 0.415. The van der Waals surface area contributed by atoms with Gasteiger partial charge in [-0.25, -0.2) is 9.78 Å². The molecule has 2 aromatic rings. The Hall–Kier alpha value is -2.35. The first kappa shape index (κ1) is 19.4. The molecule has 0 spiro atoms. The smallest absolute Gasteiger partial charge is 0.416 e. The van der Waals surface area contributed by atoms with E-state index in [-0.39, 0.29) is 5.91 Å². The highest BCUT2D eigenvalue weighted by Crippen LogP contribution is 2.27. The summed E-state index contributed by atoms with van der Waals surface area (Å²) >= 11 is 3.58. The molecule has 1 aromatic heterocycles. The average molecular weight is 435 g/mol. The van der Waals surface area contributed by atoms with Crippen molar-refractivity contribution in [2.45, 2.75) is 39.3 Å². The number of carbonyl (C=O) groups excluding carboxylic acids is 2. The van der Waals surface area contributed by atoms with Gasteiger partial charge < -0.3 is 14.6 Å². The lowest BCUT2D eigenvalue weighted by Crippen LogP contribution is -2.35. The maximum atomic E-state index is 12.3. The van der Waals surface area contributed by atoms with Gasteiger partial charge >= 0.3 is 6.09 Å². The Morgan fingerprint density at radius 1 is 1.41 bits per heavy atom. The van der Waals surface area contributed by atoms with Gasteiger partial charge in [0, 0.05) is 36.0 Å². The van der Waals surface area contributed by atoms with Crippen molar-refractivity contribution in [3.05, 3.63) is 45.7 Å². The molecule has 0 aliphatic carbocycles. The molecule has 1 aliphatic heterocycles. The number of hydrogen-bond acceptors (Lipinski definition) is 4. The standard InChI is InChI=1S/C19H23BrN4O3/c1-19(2,3)27-18(26)23(4)17-22-7-8-24(17)11-12-9-14-13(15(20)10-12)5-6-21-16(14)25/h7-10H,5-6,11H2,1-4H3,(H,21,25). The molecule has 8 heteroatoms. The third-order valence-corrected chi connectivity index (χ3v) is 4.88. The second-order valence-electron chi connectivity index (χ2n) is 7.50. The first-order valence-electron chi connectivity index (χ1n) is 8.73. The zero-order chi connectivity index (χ0) is 19.8. The molecule has 1 N–H and O–H groups in total. The number of aromatic nitrogens is 2. The number of nitrogens with zero attached hydrogens (tertiary/aromatic N) is 3. The van der Waals surface area contributed by atoms with Gasteiger partial charge in [-0.05, 0) is 50.5 Å². The van der Waals surface area contributed by atoms with Gasteiger partial charge in [0.1, 0.15) is 5.60 Å². The quantitative estimate of drug-likeness (QED) is 0.803. The molecule has 7 nitrogen and oxygen atoms in total. The monoisotopic (exact) mass is 434 g/mol. The highest BCUT2D eigenvalue weighted by atomic mass is 79.9. The molecule has 0 saturated heterocycles. The minimum Gasteiger partial charge on any atom is -0.443 e. The van der Waals surface area contributed by atoms with E-state index in [0.717, 1.165) is 22.0 Å². The summed E-state index contributed by atoms with van der Waals surface area (Å²) in [5, 5.41) is 2.87. The third kappa shape index (κ3) is 4.32. The predicted molar refractivity (Wildman–Crippen MR) is 106 cm³/mol. The lowest BCUT2D eigenvalue weighted by Gasteiger charge is -2.24. The number of anilines is 1. The zero-order valence-corrected chi connectivity index (χ0v) is 17.5. The number of nitrogens with one attached hydrogen (secondary N) is 1. The van der Waals surface area contributed by atoms with Crippen LogP contribution in [0.25, 0.3) is 0 Å². The third-order valence-electron chi connectivity index (χ3n) is 4.17. The molecule has 0 unspecified atom stereocenters. The maximum Gasteiger partial charge on any atom is 0.416 e. The summed E-state index contributed by atoms with van der Waals surface area (Å²) in [4.78, 5) is 30.2. The van der Waals surface area contributed by atoms with Gasteiger partial charge in [-0.3, -0.25) is 9.69 Å². The van der Waals surface area contributed by atoms with E-state index in [0.29, 0.717) is 24.6 Å². The fourth-order valence-corrected chi connectivity index (χ4v) is 3.68. The molecular weight excluding hydrogens is 412 g/mol. The zero-order valence-electron chi connectivity index (χ0n) is 15.9. The number of amides is 2. The molecule has 27 heavy (non-hydrogen) atoms. The van der Waals surface area contributed by atoms with Crippen molar-refractivity contribution < 1.29 is 14.3 Å². The molecule has 1 aliphatic rings. The molecule has 3 rings (SSSR count). The summed E-state index contributed by atoms with van der Waals surface area (Å²) in [7, 11) is 1.63. The fraction of sp³-hybridized carbons (Fsp3) is 0.421. The van der Waals surface area contributed by atoms with Crippen LogP contribution in [0.2, 0.25) is 0 Å². The number of carbonyl (C=O) groups is 2. The van der Waals surface area contributed by atoms with Gasteiger partial charge in [0.05, 0.1) is 6.54 Å². The Bertz CT molecular complexity index is 886. The van der Waals surface area contributed by atoms with Crippen LogP contribution in [0.15, 0.2) is 29.0 Å². The first-order valence-corrected chi connectivity index (χ1v) is 9.52. The molecule has 0 atom stereocenters. The van der Waals surface area contributed by atoms with Gasteiger partial charge in [-0.1, -0.05) is 15.9 Å². The van der Waals surface area contributed by atoms with Gasteiger partial charge in [0.2, 0.25) is 5.95 Å². The van der Waals surface area contributed by atoms with Crippen molar-refractivity contribution in [1.82, 2.24) is 14.9 Å². The second kappa shape index (κ2) is 7.34. The molecule has 2 heterocycles. The van der Waals surface area contributed by atoms with E-state index in [1.165, 1.54) is 4.90 Å². The van der Waals surface area contributed by atoms with Crippen molar-refractivity contribution in [3.8, 4) is 0 Å². The number of fused-ring (bicyclic) bond motifs is 1. The number of rotatable bonds is 3. The fourth-order valence-electron chi connectivity index (χ4n) is 2.97. The van der Waals surface area contributed by atoms with Gasteiger partial charge in [-0.2, -0.15) is 0 Å². The van der Waals surface area contributed by atoms with E-state index in [1.54, 1.807) is 19.4 Å². The SMILES string of the molecule is CN(C(=O)OC(C)(C)C)c1nccn1Cc1cc(Br)c2c(c1)C(=O)NCC2. The van der Waals surface area contributed by atoms with Crippen LogP contribution in [0, 0.1) is 0 Å². The van der Waals surface area contributed by atoms with E-state index in [1.807, 2.05) is 37.5 Å². The minimum absolute atomic E-state index is 0.0597. The van der Waals surface area contributed by atoms with Crippen molar-refractivity contribution in [2.24, 2.45) is 0 Å². The highest BCUT2D eigenvalue weighted by molar-refractivity contribution is 9.10. The van der Waals surface area contributed by atoms with Crippen molar-refractivity contribution in [2.75, 3.05) is 18.5 Å². The lowest BCUT2D eigenvalue weighted by atomic mass is 9.98. The molecule has 0 radical (unpaired) electrons. The predicted octanol–water partition coefficient (Wildman–Crippen LogP) is 3.35. The topological polar surface area (TPSA) is 76.5 Å². The Morgan fingerprint density at radius 2 is 2.15 bits per heavy atom. The number of benzene rings is 1. The maximum absolute atomic E-state index is 12.3. The number of imidazole rings is 1. The lowest BCUT2D eigenvalue weighted by molar-refractivity contribution is 0.0586. The largest absolute Gasteiger partial charge is 0.443 e. The molecule has 0 saturated carbocycles. The van der Waals surface area contributed by atoms with Crippen LogP contribution in [-0.2, 0) is 17.7 Å². The van der Waals surface area contributed by atoms with E-state index in [4.69, 9.17) is 4.74 Å². The van der Waals surface area contributed by atoms with Crippen LogP contribution < -0.4 is 10.2 Å². The van der Waals surface area contributed by atoms with E-state index in [9.17, 15) is 9.59 Å². The summed E-state index contributed by atoms with van der Waals surface area (Å²) in [5.41, 5.74) is 2.07. The average Bonchev–Trinajstić information content (AvgIpc) is 3.01. The van der Waals surface area contributed by atoms with E-state index in [2.05, 4.69) is 26.2 Å². The summed E-state index contributed by atoms with van der Waals surface area (Å²) in [6.45, 7) is 6.58. The number of ether oxygens (including phenoxy) is 1. The van der Waals surface area contributed by atoms with Crippen LogP contribution in [0.1, 0.15) is 42.3 Å². The van der Waals surface area contributed by atoms with Crippen LogP contribution in [0.4, 0.5) is 10.7 Å². The Labute approximate surface area is 166 Å². The first-order chi connectivity index (χ1) is 12.7. The van der Waals surface area contributed by atoms with Crippen LogP contribution in [-0.4, -0.2) is 40.7 Å². The summed E-state index contributed by atoms with van der Waals surface area (Å²) in [6.07, 6.45) is 3.76. The molecule has 1 aromatic carbocycles. The van der Waals surface area contributed by atoms with E-state index < -0.39 is 11.7 Å². The normalized spacial score (nSPS) is 13.7. The second-order valence-corrected chi connectivity index (χ2v) is 8.36. The molecule has 2 amide bonds. The number of hydrogen-bond donors (Lipinski definition) is 1. The van der Waals surface area contributed by atoms with Crippen molar-refractivity contribution in [3.63, 3.8) is 0 Å². The minimum atomic E-state index is -0.584. The molecule has 144 valence electrons. The molecular formula is C19H23BrN4O3. The Balaban J connectivity index is 1.85. The van der Waals surface area contributed by atoms with E-state index >= 15 is 0 Å².